The van der Waals surface area contributed by atoms with Crippen LogP contribution in [0.5, 0.6) is 5.75 Å². The Hall–Kier alpha value is -1.72. The number of thiophene rings is 1. The molecule has 1 aromatic heterocycles. The van der Waals surface area contributed by atoms with Gasteiger partial charge < -0.3 is 15.4 Å². The van der Waals surface area contributed by atoms with Crippen molar-refractivity contribution in [1.82, 2.24) is 0 Å². The number of benzene rings is 1. The second kappa shape index (κ2) is 6.83. The fraction of sp³-hybridized carbons (Fsp3) is 0.267. The molecule has 0 aliphatic carbocycles. The molecule has 4 nitrogen and oxygen atoms in total. The van der Waals surface area contributed by atoms with Gasteiger partial charge in [0.1, 0.15) is 5.75 Å². The minimum Gasteiger partial charge on any atom is -0.495 e. The second-order valence-electron chi connectivity index (χ2n) is 4.60. The summed E-state index contributed by atoms with van der Waals surface area (Å²) in [4.78, 5) is 12.3. The first-order valence-corrected chi connectivity index (χ1v) is 7.66. The lowest BCUT2D eigenvalue weighted by Crippen LogP contribution is -2.09. The SMILES string of the molecule is COc1ccc(NC(C)=O)cc1NC(C)c1ccc(Cl)s1. The Kier molecular flexibility index (Phi) is 5.09. The number of methoxy groups -OCH3 is 1. The van der Waals surface area contributed by atoms with Gasteiger partial charge in [0.05, 0.1) is 23.2 Å². The van der Waals surface area contributed by atoms with E-state index >= 15 is 0 Å². The number of hydrogen-bond acceptors (Lipinski definition) is 4. The Morgan fingerprint density at radius 1 is 1.33 bits per heavy atom. The Balaban J connectivity index is 2.22. The molecule has 0 aliphatic heterocycles. The Bertz CT molecular complexity index is 642. The number of carbonyl (C=O) groups is 1. The van der Waals surface area contributed by atoms with Gasteiger partial charge in [0, 0.05) is 17.5 Å². The maximum atomic E-state index is 11.1. The topological polar surface area (TPSA) is 50.4 Å². The van der Waals surface area contributed by atoms with E-state index in [1.54, 1.807) is 13.2 Å². The molecular weight excluding hydrogens is 308 g/mol. The Morgan fingerprint density at radius 3 is 2.67 bits per heavy atom. The zero-order valence-corrected chi connectivity index (χ0v) is 13.6. The van der Waals surface area contributed by atoms with Crippen molar-refractivity contribution < 1.29 is 9.53 Å². The molecule has 0 aliphatic rings. The number of hydrogen-bond donors (Lipinski definition) is 2. The number of ether oxygens (including phenoxy) is 1. The van der Waals surface area contributed by atoms with Crippen LogP contribution < -0.4 is 15.4 Å². The summed E-state index contributed by atoms with van der Waals surface area (Å²) < 4.78 is 6.11. The van der Waals surface area contributed by atoms with E-state index < -0.39 is 0 Å². The molecule has 2 rings (SSSR count). The van der Waals surface area contributed by atoms with Gasteiger partial charge in [-0.3, -0.25) is 4.79 Å². The highest BCUT2D eigenvalue weighted by Gasteiger charge is 2.12. The van der Waals surface area contributed by atoms with E-state index in [9.17, 15) is 4.79 Å². The fourth-order valence-electron chi connectivity index (χ4n) is 1.97. The number of amides is 1. The third kappa shape index (κ3) is 4.12. The summed E-state index contributed by atoms with van der Waals surface area (Å²) in [5.41, 5.74) is 1.54. The third-order valence-electron chi connectivity index (χ3n) is 2.91. The van der Waals surface area contributed by atoms with Crippen molar-refractivity contribution in [2.75, 3.05) is 17.7 Å². The van der Waals surface area contributed by atoms with Gasteiger partial charge in [0.25, 0.3) is 0 Å². The molecule has 112 valence electrons. The highest BCUT2D eigenvalue weighted by molar-refractivity contribution is 7.16. The van der Waals surface area contributed by atoms with Crippen LogP contribution in [0.2, 0.25) is 4.34 Å². The van der Waals surface area contributed by atoms with Crippen molar-refractivity contribution in [1.29, 1.82) is 0 Å². The van der Waals surface area contributed by atoms with Crippen molar-refractivity contribution in [3.8, 4) is 5.75 Å². The van der Waals surface area contributed by atoms with E-state index in [-0.39, 0.29) is 11.9 Å². The van der Waals surface area contributed by atoms with Crippen molar-refractivity contribution in [2.45, 2.75) is 19.9 Å². The molecule has 2 aromatic rings. The molecule has 0 bridgehead atoms. The van der Waals surface area contributed by atoms with Gasteiger partial charge in [-0.2, -0.15) is 0 Å². The Labute approximate surface area is 133 Å². The van der Waals surface area contributed by atoms with Gasteiger partial charge in [0.2, 0.25) is 5.91 Å². The molecule has 21 heavy (non-hydrogen) atoms. The summed E-state index contributed by atoms with van der Waals surface area (Å²) in [5.74, 6) is 0.614. The number of carbonyl (C=O) groups excluding carboxylic acids is 1. The molecule has 1 amide bonds. The highest BCUT2D eigenvalue weighted by atomic mass is 35.5. The normalized spacial score (nSPS) is 11.8. The molecule has 1 atom stereocenters. The van der Waals surface area contributed by atoms with Crippen LogP contribution in [0.1, 0.15) is 24.8 Å². The summed E-state index contributed by atoms with van der Waals surface area (Å²) in [6, 6.07) is 9.44. The van der Waals surface area contributed by atoms with Crippen LogP contribution in [0.15, 0.2) is 30.3 Å². The Morgan fingerprint density at radius 2 is 2.10 bits per heavy atom. The third-order valence-corrected chi connectivity index (χ3v) is 4.33. The molecule has 6 heteroatoms. The van der Waals surface area contributed by atoms with Gasteiger partial charge in [-0.15, -0.1) is 11.3 Å². The molecule has 0 fully saturated rings. The standard InChI is InChI=1S/C15H17ClN2O2S/c1-9(14-6-7-15(16)21-14)17-12-8-11(18-10(2)19)4-5-13(12)20-3/h4-9,17H,1-3H3,(H,18,19). The lowest BCUT2D eigenvalue weighted by Gasteiger charge is -2.17. The monoisotopic (exact) mass is 324 g/mol. The van der Waals surface area contributed by atoms with E-state index in [4.69, 9.17) is 16.3 Å². The summed E-state index contributed by atoms with van der Waals surface area (Å²) >= 11 is 7.50. The summed E-state index contributed by atoms with van der Waals surface area (Å²) in [6.07, 6.45) is 0. The van der Waals surface area contributed by atoms with E-state index in [0.29, 0.717) is 0 Å². The first kappa shape index (κ1) is 15.7. The maximum Gasteiger partial charge on any atom is 0.221 e. The molecule has 0 radical (unpaired) electrons. The smallest absolute Gasteiger partial charge is 0.221 e. The van der Waals surface area contributed by atoms with E-state index in [2.05, 4.69) is 10.6 Å². The van der Waals surface area contributed by atoms with Gasteiger partial charge in [-0.05, 0) is 37.3 Å². The van der Waals surface area contributed by atoms with Gasteiger partial charge in [-0.25, -0.2) is 0 Å². The van der Waals surface area contributed by atoms with Crippen LogP contribution in [0.4, 0.5) is 11.4 Å². The number of rotatable bonds is 5. The van der Waals surface area contributed by atoms with Crippen molar-refractivity contribution in [2.24, 2.45) is 0 Å². The minimum atomic E-state index is -0.107. The molecule has 1 unspecified atom stereocenters. The average Bonchev–Trinajstić information content (AvgIpc) is 2.85. The molecule has 0 saturated heterocycles. The zero-order valence-electron chi connectivity index (χ0n) is 12.1. The summed E-state index contributed by atoms with van der Waals surface area (Å²) in [7, 11) is 1.62. The average molecular weight is 325 g/mol. The van der Waals surface area contributed by atoms with E-state index in [0.717, 1.165) is 26.3 Å². The van der Waals surface area contributed by atoms with Gasteiger partial charge in [-0.1, -0.05) is 11.6 Å². The lowest BCUT2D eigenvalue weighted by atomic mass is 10.2. The van der Waals surface area contributed by atoms with Gasteiger partial charge >= 0.3 is 0 Å². The molecule has 0 saturated carbocycles. The summed E-state index contributed by atoms with van der Waals surface area (Å²) in [5, 5.41) is 6.14. The van der Waals surface area contributed by atoms with Crippen molar-refractivity contribution >= 4 is 40.2 Å². The first-order valence-electron chi connectivity index (χ1n) is 6.47. The molecule has 1 heterocycles. The second-order valence-corrected chi connectivity index (χ2v) is 6.35. The quantitative estimate of drug-likeness (QED) is 0.848. The highest BCUT2D eigenvalue weighted by Crippen LogP contribution is 2.33. The minimum absolute atomic E-state index is 0.0870. The largest absolute Gasteiger partial charge is 0.495 e. The maximum absolute atomic E-state index is 11.1. The van der Waals surface area contributed by atoms with E-state index in [1.165, 1.54) is 18.3 Å². The van der Waals surface area contributed by atoms with Crippen LogP contribution in [-0.2, 0) is 4.79 Å². The summed E-state index contributed by atoms with van der Waals surface area (Å²) in [6.45, 7) is 3.53. The van der Waals surface area contributed by atoms with Crippen molar-refractivity contribution in [3.63, 3.8) is 0 Å². The fourth-order valence-corrected chi connectivity index (χ4v) is 3.03. The van der Waals surface area contributed by atoms with E-state index in [1.807, 2.05) is 31.2 Å². The van der Waals surface area contributed by atoms with Crippen LogP contribution >= 0.6 is 22.9 Å². The number of anilines is 2. The number of halogens is 1. The molecule has 0 spiro atoms. The molecule has 1 aromatic carbocycles. The van der Waals surface area contributed by atoms with Crippen LogP contribution in [-0.4, -0.2) is 13.0 Å². The predicted molar refractivity (Wildman–Crippen MR) is 88.7 cm³/mol. The number of nitrogens with one attached hydrogen (secondary N) is 2. The predicted octanol–water partition coefficient (Wildman–Crippen LogP) is 4.54. The first-order chi connectivity index (χ1) is 9.99. The molecule has 2 N–H and O–H groups in total. The van der Waals surface area contributed by atoms with Crippen molar-refractivity contribution in [3.05, 3.63) is 39.5 Å². The van der Waals surface area contributed by atoms with Crippen LogP contribution in [0.3, 0.4) is 0 Å². The molecular formula is C15H17ClN2O2S. The zero-order chi connectivity index (χ0) is 15.4. The van der Waals surface area contributed by atoms with Crippen LogP contribution in [0, 0.1) is 0 Å². The lowest BCUT2D eigenvalue weighted by molar-refractivity contribution is -0.114. The van der Waals surface area contributed by atoms with Crippen LogP contribution in [0.25, 0.3) is 0 Å². The van der Waals surface area contributed by atoms with Gasteiger partial charge in [0.15, 0.2) is 0 Å².